The lowest BCUT2D eigenvalue weighted by atomic mass is 9.88. The van der Waals surface area contributed by atoms with Crippen LogP contribution < -0.4 is 0 Å². The fourth-order valence-electron chi connectivity index (χ4n) is 4.12. The Bertz CT molecular complexity index is 506. The van der Waals surface area contributed by atoms with Gasteiger partial charge in [0.15, 0.2) is 0 Å². The molecule has 1 aromatic rings. The summed E-state index contributed by atoms with van der Waals surface area (Å²) < 4.78 is 0. The minimum Gasteiger partial charge on any atom is -0.481 e. The van der Waals surface area contributed by atoms with Gasteiger partial charge in [0.05, 0.1) is 0 Å². The second-order valence-corrected chi connectivity index (χ2v) is 7.53. The van der Waals surface area contributed by atoms with Crippen LogP contribution in [-0.4, -0.2) is 11.1 Å². The Balaban J connectivity index is 1.54. The summed E-state index contributed by atoms with van der Waals surface area (Å²) in [4.78, 5) is 10.5. The van der Waals surface area contributed by atoms with E-state index in [1.165, 1.54) is 63.4 Å². The van der Waals surface area contributed by atoms with Crippen molar-refractivity contribution in [2.75, 3.05) is 0 Å². The first-order chi connectivity index (χ1) is 12.3. The molecule has 2 rings (SSSR count). The SMILES string of the molecule is O=C(O)CCC/C=C\C[C@H]1CCCC1CCCCCc1ccccc1. The molecule has 1 N–H and O–H groups in total. The topological polar surface area (TPSA) is 37.3 Å². The molecule has 1 aromatic carbocycles. The van der Waals surface area contributed by atoms with Crippen LogP contribution in [0.25, 0.3) is 0 Å². The van der Waals surface area contributed by atoms with E-state index in [0.717, 1.165) is 24.7 Å². The van der Waals surface area contributed by atoms with Gasteiger partial charge >= 0.3 is 5.97 Å². The van der Waals surface area contributed by atoms with E-state index in [-0.39, 0.29) is 0 Å². The normalized spacial score (nSPS) is 20.3. The first-order valence-electron chi connectivity index (χ1n) is 10.2. The van der Waals surface area contributed by atoms with Crippen LogP contribution in [0.3, 0.4) is 0 Å². The summed E-state index contributed by atoms with van der Waals surface area (Å²) in [6.07, 6.45) is 18.5. The summed E-state index contributed by atoms with van der Waals surface area (Å²) in [6.45, 7) is 0. The van der Waals surface area contributed by atoms with Crippen LogP contribution in [0.4, 0.5) is 0 Å². The standard InChI is InChI=1S/C23H34O2/c24-23(25)19-10-2-1-8-15-21-17-11-18-22(21)16-9-4-7-14-20-12-5-3-6-13-20/h1,3,5-6,8,12-13,21-22H,2,4,7,9-11,14-19H2,(H,24,25)/b8-1-/t21-,22?/m0/s1. The van der Waals surface area contributed by atoms with Crippen molar-refractivity contribution in [2.24, 2.45) is 11.8 Å². The zero-order valence-corrected chi connectivity index (χ0v) is 15.5. The van der Waals surface area contributed by atoms with Crippen LogP contribution in [0.1, 0.15) is 76.2 Å². The van der Waals surface area contributed by atoms with Crippen molar-refractivity contribution in [2.45, 2.75) is 77.0 Å². The molecular weight excluding hydrogens is 308 g/mol. The maximum Gasteiger partial charge on any atom is 0.303 e. The summed E-state index contributed by atoms with van der Waals surface area (Å²) in [5.74, 6) is 1.10. The van der Waals surface area contributed by atoms with E-state index in [4.69, 9.17) is 5.11 Å². The van der Waals surface area contributed by atoms with Gasteiger partial charge in [0.2, 0.25) is 0 Å². The molecule has 138 valence electrons. The molecule has 0 bridgehead atoms. The third-order valence-electron chi connectivity index (χ3n) is 5.57. The van der Waals surface area contributed by atoms with Crippen LogP contribution >= 0.6 is 0 Å². The van der Waals surface area contributed by atoms with E-state index < -0.39 is 5.97 Å². The van der Waals surface area contributed by atoms with Gasteiger partial charge in [-0.2, -0.15) is 0 Å². The number of aliphatic carboxylic acids is 1. The van der Waals surface area contributed by atoms with Crippen molar-refractivity contribution in [1.82, 2.24) is 0 Å². The molecule has 1 fully saturated rings. The second-order valence-electron chi connectivity index (χ2n) is 7.53. The van der Waals surface area contributed by atoms with Crippen LogP contribution in [0.15, 0.2) is 42.5 Å². The summed E-state index contributed by atoms with van der Waals surface area (Å²) in [7, 11) is 0. The molecule has 0 saturated heterocycles. The fraction of sp³-hybridized carbons (Fsp3) is 0.609. The van der Waals surface area contributed by atoms with Gasteiger partial charge < -0.3 is 5.11 Å². The summed E-state index contributed by atoms with van der Waals surface area (Å²) in [5.41, 5.74) is 1.47. The Hall–Kier alpha value is -1.57. The van der Waals surface area contributed by atoms with Crippen molar-refractivity contribution in [3.63, 3.8) is 0 Å². The molecular formula is C23H34O2. The van der Waals surface area contributed by atoms with Gasteiger partial charge in [-0.15, -0.1) is 0 Å². The van der Waals surface area contributed by atoms with E-state index in [2.05, 4.69) is 42.5 Å². The van der Waals surface area contributed by atoms with Crippen molar-refractivity contribution < 1.29 is 9.90 Å². The molecule has 0 amide bonds. The maximum atomic E-state index is 10.5. The average molecular weight is 343 g/mol. The highest BCUT2D eigenvalue weighted by Gasteiger charge is 2.25. The van der Waals surface area contributed by atoms with Gasteiger partial charge in [-0.05, 0) is 55.9 Å². The van der Waals surface area contributed by atoms with Gasteiger partial charge in [0.25, 0.3) is 0 Å². The largest absolute Gasteiger partial charge is 0.481 e. The highest BCUT2D eigenvalue weighted by molar-refractivity contribution is 5.66. The minimum absolute atomic E-state index is 0.291. The molecule has 0 heterocycles. The van der Waals surface area contributed by atoms with E-state index in [9.17, 15) is 4.79 Å². The summed E-state index contributed by atoms with van der Waals surface area (Å²) >= 11 is 0. The third kappa shape index (κ3) is 8.38. The van der Waals surface area contributed by atoms with E-state index >= 15 is 0 Å². The molecule has 2 heteroatoms. The number of carboxylic acids is 1. The lowest BCUT2D eigenvalue weighted by Crippen LogP contribution is -2.07. The van der Waals surface area contributed by atoms with Crippen LogP contribution in [-0.2, 0) is 11.2 Å². The van der Waals surface area contributed by atoms with Crippen molar-refractivity contribution in [3.8, 4) is 0 Å². The number of rotatable bonds is 12. The number of benzene rings is 1. The number of hydrogen-bond acceptors (Lipinski definition) is 1. The Labute approximate surface area is 153 Å². The van der Waals surface area contributed by atoms with E-state index in [0.29, 0.717) is 6.42 Å². The molecule has 2 nitrogen and oxygen atoms in total. The summed E-state index contributed by atoms with van der Waals surface area (Å²) in [6, 6.07) is 10.8. The van der Waals surface area contributed by atoms with Crippen LogP contribution in [0.5, 0.6) is 0 Å². The van der Waals surface area contributed by atoms with Gasteiger partial charge in [-0.25, -0.2) is 0 Å². The molecule has 1 aliphatic carbocycles. The Morgan fingerprint density at radius 1 is 1.00 bits per heavy atom. The predicted octanol–water partition coefficient (Wildman–Crippen LogP) is 6.41. The summed E-state index contributed by atoms with van der Waals surface area (Å²) in [5, 5.41) is 8.64. The average Bonchev–Trinajstić information content (AvgIpc) is 3.06. The number of carboxylic acid groups (broad SMARTS) is 1. The fourth-order valence-corrected chi connectivity index (χ4v) is 4.12. The first-order valence-corrected chi connectivity index (χ1v) is 10.2. The number of allylic oxidation sites excluding steroid dienone is 2. The number of carbonyl (C=O) groups is 1. The molecule has 1 unspecified atom stereocenters. The molecule has 0 aliphatic heterocycles. The Morgan fingerprint density at radius 3 is 2.60 bits per heavy atom. The number of aryl methyl sites for hydroxylation is 1. The third-order valence-corrected chi connectivity index (χ3v) is 5.57. The van der Waals surface area contributed by atoms with Gasteiger partial charge in [0, 0.05) is 6.42 Å². The lowest BCUT2D eigenvalue weighted by molar-refractivity contribution is -0.137. The Kier molecular flexibility index (Phi) is 9.40. The van der Waals surface area contributed by atoms with Crippen molar-refractivity contribution in [3.05, 3.63) is 48.0 Å². The molecule has 0 aromatic heterocycles. The van der Waals surface area contributed by atoms with Crippen LogP contribution in [0.2, 0.25) is 0 Å². The van der Waals surface area contributed by atoms with Crippen LogP contribution in [0, 0.1) is 11.8 Å². The number of hydrogen-bond donors (Lipinski definition) is 1. The Morgan fingerprint density at radius 2 is 1.80 bits per heavy atom. The van der Waals surface area contributed by atoms with Gasteiger partial charge in [-0.3, -0.25) is 4.79 Å². The molecule has 0 spiro atoms. The van der Waals surface area contributed by atoms with Crippen molar-refractivity contribution >= 4 is 5.97 Å². The van der Waals surface area contributed by atoms with E-state index in [1.54, 1.807) is 0 Å². The van der Waals surface area contributed by atoms with Crippen molar-refractivity contribution in [1.29, 1.82) is 0 Å². The highest BCUT2D eigenvalue weighted by atomic mass is 16.4. The maximum absolute atomic E-state index is 10.5. The zero-order valence-electron chi connectivity index (χ0n) is 15.5. The molecule has 1 aliphatic rings. The number of unbranched alkanes of at least 4 members (excludes halogenated alkanes) is 3. The highest BCUT2D eigenvalue weighted by Crippen LogP contribution is 2.37. The van der Waals surface area contributed by atoms with Gasteiger partial charge in [-0.1, -0.05) is 74.6 Å². The second kappa shape index (κ2) is 11.9. The first kappa shape index (κ1) is 19.8. The zero-order chi connectivity index (χ0) is 17.7. The van der Waals surface area contributed by atoms with Gasteiger partial charge in [0.1, 0.15) is 0 Å². The molecule has 2 atom stereocenters. The molecule has 1 saturated carbocycles. The molecule has 0 radical (unpaired) electrons. The molecule has 25 heavy (non-hydrogen) atoms. The smallest absolute Gasteiger partial charge is 0.303 e. The quantitative estimate of drug-likeness (QED) is 0.352. The lowest BCUT2D eigenvalue weighted by Gasteiger charge is -2.18. The monoisotopic (exact) mass is 342 g/mol. The predicted molar refractivity (Wildman–Crippen MR) is 105 cm³/mol. The van der Waals surface area contributed by atoms with E-state index in [1.807, 2.05) is 0 Å². The minimum atomic E-state index is -0.684.